The van der Waals surface area contributed by atoms with E-state index in [9.17, 15) is 0 Å². The van der Waals surface area contributed by atoms with Gasteiger partial charge < -0.3 is 20.3 Å². The maximum Gasteiger partial charge on any atom is 0.191 e. The maximum atomic E-state index is 6.34. The molecule has 1 aliphatic heterocycles. The van der Waals surface area contributed by atoms with Crippen molar-refractivity contribution < 1.29 is 4.74 Å². The highest BCUT2D eigenvalue weighted by Crippen LogP contribution is 2.28. The van der Waals surface area contributed by atoms with Gasteiger partial charge in [0.05, 0.1) is 12.6 Å². The zero-order chi connectivity index (χ0) is 20.6. The molecule has 162 valence electrons. The Labute approximate surface area is 176 Å². The van der Waals surface area contributed by atoms with Gasteiger partial charge in [-0.15, -0.1) is 0 Å². The fourth-order valence-corrected chi connectivity index (χ4v) is 4.13. The van der Waals surface area contributed by atoms with Crippen LogP contribution in [0.3, 0.4) is 0 Å². The van der Waals surface area contributed by atoms with Crippen LogP contribution in [0.1, 0.15) is 43.7 Å². The Balaban J connectivity index is 1.63. The van der Waals surface area contributed by atoms with Gasteiger partial charge in [0.25, 0.3) is 0 Å². The average Bonchev–Trinajstić information content (AvgIpc) is 3.20. The smallest absolute Gasteiger partial charge is 0.191 e. The molecule has 2 fully saturated rings. The fraction of sp³-hybridized carbons (Fsp3) is 0.696. The molecule has 1 aromatic rings. The van der Waals surface area contributed by atoms with Crippen LogP contribution in [-0.2, 0) is 6.54 Å². The van der Waals surface area contributed by atoms with E-state index in [1.54, 1.807) is 0 Å². The number of hydrogen-bond acceptors (Lipinski definition) is 4. The monoisotopic (exact) mass is 401 g/mol. The summed E-state index contributed by atoms with van der Waals surface area (Å²) in [5.74, 6) is 1.88. The summed E-state index contributed by atoms with van der Waals surface area (Å²) in [6, 6.07) is 6.98. The van der Waals surface area contributed by atoms with Crippen molar-refractivity contribution in [2.45, 2.75) is 58.2 Å². The van der Waals surface area contributed by atoms with Crippen LogP contribution in [0.2, 0.25) is 0 Å². The van der Waals surface area contributed by atoms with Crippen molar-refractivity contribution in [3.63, 3.8) is 0 Å². The summed E-state index contributed by atoms with van der Waals surface area (Å²) in [6.07, 6.45) is 5.27. The third kappa shape index (κ3) is 6.61. The summed E-state index contributed by atoms with van der Waals surface area (Å²) >= 11 is 0. The van der Waals surface area contributed by atoms with E-state index in [1.165, 1.54) is 31.2 Å². The number of hydrogen-bond donors (Lipinski definition) is 2. The first kappa shape index (κ1) is 21.9. The Morgan fingerprint density at radius 1 is 1.17 bits per heavy atom. The second kappa shape index (κ2) is 10.8. The van der Waals surface area contributed by atoms with E-state index in [1.807, 2.05) is 0 Å². The van der Waals surface area contributed by atoms with Crippen molar-refractivity contribution in [1.29, 1.82) is 0 Å². The van der Waals surface area contributed by atoms with Crippen LogP contribution in [0.15, 0.2) is 23.2 Å². The first-order chi connectivity index (χ1) is 14.0. The SMILES string of the molecule is CCNC(=NCc1ccc(C)cc1OC1CCCC1)NCC1CN(C)CCN1C. The molecule has 1 heterocycles. The molecule has 1 aromatic carbocycles. The zero-order valence-corrected chi connectivity index (χ0v) is 18.7. The molecule has 1 aliphatic carbocycles. The number of piperazine rings is 1. The van der Waals surface area contributed by atoms with Crippen molar-refractivity contribution in [2.75, 3.05) is 46.8 Å². The lowest BCUT2D eigenvalue weighted by Gasteiger charge is -2.37. The number of guanidine groups is 1. The molecular weight excluding hydrogens is 362 g/mol. The highest BCUT2D eigenvalue weighted by Gasteiger charge is 2.22. The topological polar surface area (TPSA) is 52.1 Å². The third-order valence-corrected chi connectivity index (χ3v) is 6.06. The minimum atomic E-state index is 0.365. The average molecular weight is 402 g/mol. The first-order valence-electron chi connectivity index (χ1n) is 11.2. The number of benzene rings is 1. The predicted molar refractivity (Wildman–Crippen MR) is 121 cm³/mol. The van der Waals surface area contributed by atoms with Crippen molar-refractivity contribution in [1.82, 2.24) is 20.4 Å². The molecule has 1 saturated heterocycles. The van der Waals surface area contributed by atoms with Gasteiger partial charge in [-0.3, -0.25) is 4.90 Å². The van der Waals surface area contributed by atoms with Crippen LogP contribution in [-0.4, -0.2) is 74.7 Å². The number of nitrogens with one attached hydrogen (secondary N) is 2. The molecule has 29 heavy (non-hydrogen) atoms. The Morgan fingerprint density at radius 3 is 2.72 bits per heavy atom. The highest BCUT2D eigenvalue weighted by molar-refractivity contribution is 5.79. The molecule has 6 heteroatoms. The number of aryl methyl sites for hydroxylation is 1. The largest absolute Gasteiger partial charge is 0.490 e. The minimum Gasteiger partial charge on any atom is -0.490 e. The Morgan fingerprint density at radius 2 is 1.97 bits per heavy atom. The molecule has 1 unspecified atom stereocenters. The van der Waals surface area contributed by atoms with Gasteiger partial charge in [-0.05, 0) is 65.3 Å². The summed E-state index contributed by atoms with van der Waals surface area (Å²) in [6.45, 7) is 9.94. The molecular formula is C23H39N5O. The van der Waals surface area contributed by atoms with Crippen molar-refractivity contribution >= 4 is 5.96 Å². The third-order valence-electron chi connectivity index (χ3n) is 6.06. The normalized spacial score (nSPS) is 22.1. The van der Waals surface area contributed by atoms with Gasteiger partial charge >= 0.3 is 0 Å². The van der Waals surface area contributed by atoms with E-state index in [0.717, 1.165) is 50.0 Å². The predicted octanol–water partition coefficient (Wildman–Crippen LogP) is 2.62. The Hall–Kier alpha value is -1.79. The number of rotatable bonds is 7. The summed E-state index contributed by atoms with van der Waals surface area (Å²) in [5.41, 5.74) is 2.40. The van der Waals surface area contributed by atoms with Gasteiger partial charge in [-0.1, -0.05) is 12.1 Å². The van der Waals surface area contributed by atoms with E-state index in [-0.39, 0.29) is 0 Å². The maximum absolute atomic E-state index is 6.34. The molecule has 0 aromatic heterocycles. The number of aliphatic imine (C=N–C) groups is 1. The lowest BCUT2D eigenvalue weighted by atomic mass is 10.1. The molecule has 2 aliphatic rings. The Kier molecular flexibility index (Phi) is 8.19. The van der Waals surface area contributed by atoms with Crippen molar-refractivity contribution in [3.05, 3.63) is 29.3 Å². The lowest BCUT2D eigenvalue weighted by Crippen LogP contribution is -2.55. The van der Waals surface area contributed by atoms with E-state index in [4.69, 9.17) is 9.73 Å². The van der Waals surface area contributed by atoms with Crippen LogP contribution in [0.4, 0.5) is 0 Å². The number of ether oxygens (including phenoxy) is 1. The van der Waals surface area contributed by atoms with Crippen LogP contribution in [0.25, 0.3) is 0 Å². The molecule has 1 atom stereocenters. The van der Waals surface area contributed by atoms with Gasteiger partial charge in [0.15, 0.2) is 5.96 Å². The molecule has 0 amide bonds. The van der Waals surface area contributed by atoms with E-state index >= 15 is 0 Å². The van der Waals surface area contributed by atoms with Crippen molar-refractivity contribution in [3.8, 4) is 5.75 Å². The van der Waals surface area contributed by atoms with Crippen LogP contribution in [0.5, 0.6) is 5.75 Å². The molecule has 1 saturated carbocycles. The summed E-state index contributed by atoms with van der Waals surface area (Å²) in [7, 11) is 4.41. The fourth-order valence-electron chi connectivity index (χ4n) is 4.13. The number of likely N-dealkylation sites (N-methyl/N-ethyl adjacent to an activating group) is 2. The molecule has 2 N–H and O–H groups in total. The van der Waals surface area contributed by atoms with Gasteiger partial charge in [0.1, 0.15) is 5.75 Å². The molecule has 0 bridgehead atoms. The van der Waals surface area contributed by atoms with E-state index in [0.29, 0.717) is 18.7 Å². The molecule has 0 spiro atoms. The summed E-state index contributed by atoms with van der Waals surface area (Å²) in [4.78, 5) is 9.69. The van der Waals surface area contributed by atoms with Gasteiger partial charge in [0.2, 0.25) is 0 Å². The molecule has 6 nitrogen and oxygen atoms in total. The van der Waals surface area contributed by atoms with Crippen LogP contribution in [0, 0.1) is 6.92 Å². The van der Waals surface area contributed by atoms with Crippen LogP contribution < -0.4 is 15.4 Å². The lowest BCUT2D eigenvalue weighted by molar-refractivity contribution is 0.116. The van der Waals surface area contributed by atoms with Crippen molar-refractivity contribution in [2.24, 2.45) is 4.99 Å². The standard InChI is InChI=1S/C23H39N5O/c1-5-24-23(26-16-20-17-27(3)12-13-28(20)4)25-15-19-11-10-18(2)14-22(19)29-21-8-6-7-9-21/h10-11,14,20-21H,5-9,12-13,15-17H2,1-4H3,(H2,24,25,26). The molecule has 0 radical (unpaired) electrons. The van der Waals surface area contributed by atoms with Gasteiger partial charge in [-0.25, -0.2) is 4.99 Å². The Bertz CT molecular complexity index is 671. The summed E-state index contributed by atoms with van der Waals surface area (Å²) < 4.78 is 6.34. The number of nitrogens with zero attached hydrogens (tertiary/aromatic N) is 3. The van der Waals surface area contributed by atoms with Crippen LogP contribution >= 0.6 is 0 Å². The summed E-state index contributed by atoms with van der Waals surface area (Å²) in [5, 5.41) is 6.93. The van der Waals surface area contributed by atoms with E-state index in [2.05, 4.69) is 66.6 Å². The van der Waals surface area contributed by atoms with Gasteiger partial charge in [-0.2, -0.15) is 0 Å². The first-order valence-corrected chi connectivity index (χ1v) is 11.2. The second-order valence-electron chi connectivity index (χ2n) is 8.61. The quantitative estimate of drug-likeness (QED) is 0.543. The molecule has 3 rings (SSSR count). The van der Waals surface area contributed by atoms with E-state index < -0.39 is 0 Å². The second-order valence-corrected chi connectivity index (χ2v) is 8.61. The minimum absolute atomic E-state index is 0.365. The zero-order valence-electron chi connectivity index (χ0n) is 18.7. The highest BCUT2D eigenvalue weighted by atomic mass is 16.5. The van der Waals surface area contributed by atoms with Gasteiger partial charge in [0, 0.05) is 44.3 Å².